The molecule has 1 N–H and O–H groups in total. The molecule has 0 aromatic carbocycles. The van der Waals surface area contributed by atoms with E-state index in [0.717, 1.165) is 55.9 Å². The molecule has 1 saturated heterocycles. The predicted octanol–water partition coefficient (Wildman–Crippen LogP) is 2.14. The van der Waals surface area contributed by atoms with Gasteiger partial charge in [0, 0.05) is 25.9 Å². The van der Waals surface area contributed by atoms with Gasteiger partial charge in [-0.25, -0.2) is 4.98 Å². The Kier molecular flexibility index (Phi) is 5.16. The molecule has 0 amide bonds. The molecule has 4 nitrogen and oxygen atoms in total. The first-order valence-corrected chi connectivity index (χ1v) is 7.16. The SMILES string of the molecule is CCCc1cc(CO)cc(N(C)CC2CCCO2)n1. The van der Waals surface area contributed by atoms with E-state index in [1.54, 1.807) is 0 Å². The summed E-state index contributed by atoms with van der Waals surface area (Å²) in [6.45, 7) is 3.96. The summed E-state index contributed by atoms with van der Waals surface area (Å²) in [6, 6.07) is 3.96. The normalized spacial score (nSPS) is 18.8. The predicted molar refractivity (Wildman–Crippen MR) is 76.4 cm³/mol. The molecule has 2 rings (SSSR count). The van der Waals surface area contributed by atoms with Gasteiger partial charge in [0.05, 0.1) is 12.7 Å². The van der Waals surface area contributed by atoms with E-state index in [9.17, 15) is 5.11 Å². The van der Waals surface area contributed by atoms with Gasteiger partial charge in [-0.1, -0.05) is 13.3 Å². The smallest absolute Gasteiger partial charge is 0.128 e. The largest absolute Gasteiger partial charge is 0.392 e. The van der Waals surface area contributed by atoms with Crippen LogP contribution < -0.4 is 4.90 Å². The highest BCUT2D eigenvalue weighted by atomic mass is 16.5. The van der Waals surface area contributed by atoms with Crippen LogP contribution in [0.25, 0.3) is 0 Å². The lowest BCUT2D eigenvalue weighted by molar-refractivity contribution is 0.116. The van der Waals surface area contributed by atoms with Crippen molar-refractivity contribution in [2.45, 2.75) is 45.3 Å². The van der Waals surface area contributed by atoms with Crippen LogP contribution in [0.3, 0.4) is 0 Å². The van der Waals surface area contributed by atoms with Crippen LogP contribution in [-0.4, -0.2) is 36.4 Å². The standard InChI is InChI=1S/C15H24N2O2/c1-3-5-13-8-12(11-18)9-15(16-13)17(2)10-14-6-4-7-19-14/h8-9,14,18H,3-7,10-11H2,1-2H3. The van der Waals surface area contributed by atoms with Gasteiger partial charge >= 0.3 is 0 Å². The first kappa shape index (κ1) is 14.3. The summed E-state index contributed by atoms with van der Waals surface area (Å²) in [5.74, 6) is 0.936. The molecule has 1 aromatic heterocycles. The zero-order valence-electron chi connectivity index (χ0n) is 11.9. The summed E-state index contributed by atoms with van der Waals surface area (Å²) in [4.78, 5) is 6.81. The van der Waals surface area contributed by atoms with Gasteiger partial charge < -0.3 is 14.7 Å². The van der Waals surface area contributed by atoms with Gasteiger partial charge in [0.15, 0.2) is 0 Å². The van der Waals surface area contributed by atoms with Crippen LogP contribution in [0, 0.1) is 0 Å². The Morgan fingerprint density at radius 3 is 2.95 bits per heavy atom. The van der Waals surface area contributed by atoms with Crippen molar-refractivity contribution in [2.75, 3.05) is 25.1 Å². The molecule has 0 spiro atoms. The Labute approximate surface area is 115 Å². The number of nitrogens with zero attached hydrogens (tertiary/aromatic N) is 2. The number of aliphatic hydroxyl groups is 1. The summed E-state index contributed by atoms with van der Waals surface area (Å²) >= 11 is 0. The number of likely N-dealkylation sites (N-methyl/N-ethyl adjacent to an activating group) is 1. The quantitative estimate of drug-likeness (QED) is 0.855. The zero-order chi connectivity index (χ0) is 13.7. The molecule has 106 valence electrons. The van der Waals surface area contributed by atoms with E-state index in [4.69, 9.17) is 4.74 Å². The van der Waals surface area contributed by atoms with Crippen LogP contribution in [0.4, 0.5) is 5.82 Å². The maximum Gasteiger partial charge on any atom is 0.128 e. The van der Waals surface area contributed by atoms with Crippen molar-refractivity contribution >= 4 is 5.82 Å². The summed E-state index contributed by atoms with van der Waals surface area (Å²) in [5.41, 5.74) is 2.00. The summed E-state index contributed by atoms with van der Waals surface area (Å²) < 4.78 is 5.66. The van der Waals surface area contributed by atoms with Crippen LogP contribution in [0.5, 0.6) is 0 Å². The first-order valence-electron chi connectivity index (χ1n) is 7.16. The minimum Gasteiger partial charge on any atom is -0.392 e. The molecule has 1 atom stereocenters. The molecule has 1 aliphatic rings. The molecule has 0 bridgehead atoms. The highest BCUT2D eigenvalue weighted by molar-refractivity contribution is 5.42. The van der Waals surface area contributed by atoms with Gasteiger partial charge in [-0.2, -0.15) is 0 Å². The summed E-state index contributed by atoms with van der Waals surface area (Å²) in [6.07, 6.45) is 4.63. The lowest BCUT2D eigenvalue weighted by Crippen LogP contribution is -2.29. The average molecular weight is 264 g/mol. The molecular weight excluding hydrogens is 240 g/mol. The molecule has 1 unspecified atom stereocenters. The Bertz CT molecular complexity index is 403. The molecule has 2 heterocycles. The van der Waals surface area contributed by atoms with Crippen LogP contribution in [0.1, 0.15) is 37.4 Å². The third-order valence-corrected chi connectivity index (χ3v) is 3.51. The Morgan fingerprint density at radius 2 is 2.32 bits per heavy atom. The van der Waals surface area contributed by atoms with Crippen molar-refractivity contribution in [1.82, 2.24) is 4.98 Å². The number of ether oxygens (including phenoxy) is 1. The first-order chi connectivity index (χ1) is 9.22. The van der Waals surface area contributed by atoms with Crippen LogP contribution in [0.15, 0.2) is 12.1 Å². The number of aliphatic hydroxyl groups excluding tert-OH is 1. The molecule has 1 fully saturated rings. The summed E-state index contributed by atoms with van der Waals surface area (Å²) in [5, 5.41) is 9.35. The van der Waals surface area contributed by atoms with Gasteiger partial charge in [0.1, 0.15) is 5.82 Å². The minimum absolute atomic E-state index is 0.0694. The van der Waals surface area contributed by atoms with Crippen LogP contribution >= 0.6 is 0 Å². The fourth-order valence-electron chi connectivity index (χ4n) is 2.49. The molecule has 19 heavy (non-hydrogen) atoms. The molecule has 0 aliphatic carbocycles. The monoisotopic (exact) mass is 264 g/mol. The van der Waals surface area contributed by atoms with Crippen molar-refractivity contribution in [1.29, 1.82) is 0 Å². The van der Waals surface area contributed by atoms with E-state index in [2.05, 4.69) is 16.8 Å². The second-order valence-electron chi connectivity index (χ2n) is 5.25. The zero-order valence-corrected chi connectivity index (χ0v) is 11.9. The van der Waals surface area contributed by atoms with Crippen molar-refractivity contribution in [3.05, 3.63) is 23.4 Å². The Hall–Kier alpha value is -1.13. The van der Waals surface area contributed by atoms with Crippen LogP contribution in [0.2, 0.25) is 0 Å². The van der Waals surface area contributed by atoms with Crippen molar-refractivity contribution in [2.24, 2.45) is 0 Å². The highest BCUT2D eigenvalue weighted by Crippen LogP contribution is 2.19. The summed E-state index contributed by atoms with van der Waals surface area (Å²) in [7, 11) is 2.04. The van der Waals surface area contributed by atoms with Crippen molar-refractivity contribution in [3.8, 4) is 0 Å². The molecular formula is C15H24N2O2. The highest BCUT2D eigenvalue weighted by Gasteiger charge is 2.18. The molecule has 1 aromatic rings. The number of hydrogen-bond acceptors (Lipinski definition) is 4. The Morgan fingerprint density at radius 1 is 1.47 bits per heavy atom. The molecule has 0 saturated carbocycles. The second-order valence-corrected chi connectivity index (χ2v) is 5.25. The van der Waals surface area contributed by atoms with Gasteiger partial charge in [-0.3, -0.25) is 0 Å². The minimum atomic E-state index is 0.0694. The average Bonchev–Trinajstić information content (AvgIpc) is 2.91. The fourth-order valence-corrected chi connectivity index (χ4v) is 2.49. The topological polar surface area (TPSA) is 45.6 Å². The van der Waals surface area contributed by atoms with Crippen molar-refractivity contribution in [3.63, 3.8) is 0 Å². The van der Waals surface area contributed by atoms with Gasteiger partial charge in [0.25, 0.3) is 0 Å². The van der Waals surface area contributed by atoms with Crippen LogP contribution in [-0.2, 0) is 17.8 Å². The van der Waals surface area contributed by atoms with Gasteiger partial charge in [-0.15, -0.1) is 0 Å². The van der Waals surface area contributed by atoms with E-state index in [1.165, 1.54) is 0 Å². The molecule has 1 aliphatic heterocycles. The fraction of sp³-hybridized carbons (Fsp3) is 0.667. The number of hydrogen-bond donors (Lipinski definition) is 1. The maximum absolute atomic E-state index is 9.35. The van der Waals surface area contributed by atoms with E-state index in [0.29, 0.717) is 6.10 Å². The molecule has 0 radical (unpaired) electrons. The third kappa shape index (κ3) is 3.91. The van der Waals surface area contributed by atoms with Crippen molar-refractivity contribution < 1.29 is 9.84 Å². The molecule has 4 heteroatoms. The maximum atomic E-state index is 9.35. The lowest BCUT2D eigenvalue weighted by Gasteiger charge is -2.22. The van der Waals surface area contributed by atoms with Gasteiger partial charge in [-0.05, 0) is 37.0 Å². The lowest BCUT2D eigenvalue weighted by atomic mass is 10.1. The van der Waals surface area contributed by atoms with E-state index in [-0.39, 0.29) is 6.61 Å². The number of rotatable bonds is 6. The number of anilines is 1. The number of aromatic nitrogens is 1. The number of aryl methyl sites for hydroxylation is 1. The van der Waals surface area contributed by atoms with E-state index >= 15 is 0 Å². The Balaban J connectivity index is 2.09. The second kappa shape index (κ2) is 6.87. The van der Waals surface area contributed by atoms with E-state index in [1.807, 2.05) is 19.2 Å². The van der Waals surface area contributed by atoms with Gasteiger partial charge in [0.2, 0.25) is 0 Å². The van der Waals surface area contributed by atoms with E-state index < -0.39 is 0 Å². The number of pyridine rings is 1. The third-order valence-electron chi connectivity index (χ3n) is 3.51.